The van der Waals surface area contributed by atoms with Gasteiger partial charge in [0, 0.05) is 10.9 Å². The molecular formula is C11H8ClNO3. The second-order valence-corrected chi connectivity index (χ2v) is 3.83. The summed E-state index contributed by atoms with van der Waals surface area (Å²) in [6.45, 7) is 1.47. The van der Waals surface area contributed by atoms with Gasteiger partial charge in [-0.3, -0.25) is 4.79 Å². The molecule has 0 amide bonds. The largest absolute Gasteiger partial charge is 0.477 e. The molecule has 0 saturated heterocycles. The molecule has 0 saturated carbocycles. The van der Waals surface area contributed by atoms with Gasteiger partial charge in [0.25, 0.3) is 0 Å². The van der Waals surface area contributed by atoms with Gasteiger partial charge in [-0.15, -0.1) is 0 Å². The number of aromatic nitrogens is 1. The number of aromatic amines is 1. The van der Waals surface area contributed by atoms with Gasteiger partial charge >= 0.3 is 5.97 Å². The molecule has 5 heteroatoms. The number of rotatable bonds is 1. The number of H-pyrrole nitrogens is 1. The summed E-state index contributed by atoms with van der Waals surface area (Å²) in [5.41, 5.74) is 0.110. The normalized spacial score (nSPS) is 10.6. The Labute approximate surface area is 95.5 Å². The average molecular weight is 238 g/mol. The number of fused-ring (bicyclic) bond motifs is 1. The molecule has 0 atom stereocenters. The fraction of sp³-hybridized carbons (Fsp3) is 0.0909. The number of para-hydroxylation sites is 1. The van der Waals surface area contributed by atoms with Crippen molar-refractivity contribution in [2.75, 3.05) is 0 Å². The first-order valence-corrected chi connectivity index (χ1v) is 4.94. The summed E-state index contributed by atoms with van der Waals surface area (Å²) in [4.78, 5) is 25.5. The third-order valence-electron chi connectivity index (χ3n) is 2.44. The third kappa shape index (κ3) is 1.47. The van der Waals surface area contributed by atoms with Crippen molar-refractivity contribution in [2.45, 2.75) is 6.92 Å². The molecule has 4 nitrogen and oxygen atoms in total. The van der Waals surface area contributed by atoms with Crippen LogP contribution in [0.4, 0.5) is 0 Å². The lowest BCUT2D eigenvalue weighted by Gasteiger charge is -2.05. The second-order valence-electron chi connectivity index (χ2n) is 3.42. The van der Waals surface area contributed by atoms with Crippen molar-refractivity contribution in [1.29, 1.82) is 0 Å². The Balaban J connectivity index is 3.01. The molecule has 2 aromatic rings. The molecule has 0 aliphatic rings. The van der Waals surface area contributed by atoms with E-state index >= 15 is 0 Å². The molecule has 82 valence electrons. The van der Waals surface area contributed by atoms with E-state index in [2.05, 4.69) is 4.98 Å². The SMILES string of the molecule is Cc1c(C(=O)O)[nH]c2c(Cl)cccc2c1=O. The van der Waals surface area contributed by atoms with E-state index in [4.69, 9.17) is 16.7 Å². The standard InChI is InChI=1S/C11H8ClNO3/c1-5-8(11(15)16)13-9-6(10(5)14)3-2-4-7(9)12/h2-4H,1H3,(H,13,14)(H,15,16). The van der Waals surface area contributed by atoms with Gasteiger partial charge in [-0.2, -0.15) is 0 Å². The van der Waals surface area contributed by atoms with E-state index in [0.717, 1.165) is 0 Å². The number of carboxylic acids is 1. The minimum Gasteiger partial charge on any atom is -0.477 e. The van der Waals surface area contributed by atoms with Gasteiger partial charge < -0.3 is 10.1 Å². The Morgan fingerprint density at radius 1 is 1.44 bits per heavy atom. The first kappa shape index (κ1) is 10.7. The van der Waals surface area contributed by atoms with Gasteiger partial charge in [0.2, 0.25) is 0 Å². The first-order chi connectivity index (χ1) is 7.52. The van der Waals surface area contributed by atoms with Gasteiger partial charge in [0.15, 0.2) is 5.43 Å². The van der Waals surface area contributed by atoms with Crippen LogP contribution in [0.2, 0.25) is 5.02 Å². The molecule has 16 heavy (non-hydrogen) atoms. The zero-order valence-corrected chi connectivity index (χ0v) is 9.13. The number of carboxylic acid groups (broad SMARTS) is 1. The molecule has 1 heterocycles. The highest BCUT2D eigenvalue weighted by molar-refractivity contribution is 6.35. The van der Waals surface area contributed by atoms with Crippen molar-refractivity contribution in [1.82, 2.24) is 4.98 Å². The zero-order chi connectivity index (χ0) is 11.9. The lowest BCUT2D eigenvalue weighted by atomic mass is 10.1. The Kier molecular flexibility index (Phi) is 2.44. The minimum absolute atomic E-state index is 0.120. The fourth-order valence-corrected chi connectivity index (χ4v) is 1.81. The Bertz CT molecular complexity index is 645. The van der Waals surface area contributed by atoms with Gasteiger partial charge in [-0.1, -0.05) is 17.7 Å². The minimum atomic E-state index is -1.17. The number of benzene rings is 1. The highest BCUT2D eigenvalue weighted by atomic mass is 35.5. The van der Waals surface area contributed by atoms with Gasteiger partial charge in [0.05, 0.1) is 10.5 Å². The van der Waals surface area contributed by atoms with Crippen molar-refractivity contribution < 1.29 is 9.90 Å². The monoisotopic (exact) mass is 237 g/mol. The number of carbonyl (C=O) groups is 1. The molecule has 0 aliphatic carbocycles. The molecule has 1 aromatic heterocycles. The summed E-state index contributed by atoms with van der Waals surface area (Å²) in [6, 6.07) is 4.86. The van der Waals surface area contributed by atoms with Gasteiger partial charge in [-0.05, 0) is 19.1 Å². The summed E-state index contributed by atoms with van der Waals surface area (Å²) in [5, 5.41) is 9.66. The average Bonchev–Trinajstić information content (AvgIpc) is 2.23. The molecule has 1 aromatic carbocycles. The summed E-state index contributed by atoms with van der Waals surface area (Å²) < 4.78 is 0. The van der Waals surface area contributed by atoms with E-state index in [0.29, 0.717) is 15.9 Å². The lowest BCUT2D eigenvalue weighted by molar-refractivity contribution is 0.0690. The fourth-order valence-electron chi connectivity index (χ4n) is 1.59. The summed E-state index contributed by atoms with van der Waals surface area (Å²) >= 11 is 5.89. The maximum absolute atomic E-state index is 11.9. The predicted molar refractivity (Wildman–Crippen MR) is 61.3 cm³/mol. The van der Waals surface area contributed by atoms with Crippen LogP contribution in [0.3, 0.4) is 0 Å². The molecule has 0 aliphatic heterocycles. The van der Waals surface area contributed by atoms with E-state index in [1.807, 2.05) is 0 Å². The zero-order valence-electron chi connectivity index (χ0n) is 8.37. The molecule has 2 N–H and O–H groups in total. The van der Waals surface area contributed by atoms with Crippen molar-refractivity contribution in [3.05, 3.63) is 44.7 Å². The second kappa shape index (κ2) is 3.64. The summed E-state index contributed by atoms with van der Waals surface area (Å²) in [5.74, 6) is -1.17. The van der Waals surface area contributed by atoms with Crippen molar-refractivity contribution in [3.63, 3.8) is 0 Å². The molecular weight excluding hydrogens is 230 g/mol. The van der Waals surface area contributed by atoms with Crippen LogP contribution in [0.1, 0.15) is 16.1 Å². The number of nitrogens with one attached hydrogen (secondary N) is 1. The van der Waals surface area contributed by atoms with E-state index in [9.17, 15) is 9.59 Å². The number of halogens is 1. The Hall–Kier alpha value is -1.81. The van der Waals surface area contributed by atoms with E-state index in [1.54, 1.807) is 18.2 Å². The lowest BCUT2D eigenvalue weighted by Crippen LogP contribution is -2.15. The molecule has 0 fully saturated rings. The van der Waals surface area contributed by atoms with Crippen LogP contribution in [-0.2, 0) is 0 Å². The van der Waals surface area contributed by atoms with Gasteiger partial charge in [-0.25, -0.2) is 4.79 Å². The molecule has 0 unspecified atom stereocenters. The van der Waals surface area contributed by atoms with E-state index in [1.165, 1.54) is 6.92 Å². The van der Waals surface area contributed by atoms with Crippen molar-refractivity contribution in [3.8, 4) is 0 Å². The number of pyridine rings is 1. The van der Waals surface area contributed by atoms with Crippen LogP contribution in [0.25, 0.3) is 10.9 Å². The van der Waals surface area contributed by atoms with Crippen LogP contribution in [-0.4, -0.2) is 16.1 Å². The predicted octanol–water partition coefficient (Wildman–Crippen LogP) is 2.19. The quantitative estimate of drug-likeness (QED) is 0.799. The van der Waals surface area contributed by atoms with Crippen LogP contribution in [0.15, 0.2) is 23.0 Å². The summed E-state index contributed by atoms with van der Waals surface area (Å²) in [6.07, 6.45) is 0. The third-order valence-corrected chi connectivity index (χ3v) is 2.75. The molecule has 0 radical (unpaired) electrons. The molecule has 0 spiro atoms. The van der Waals surface area contributed by atoms with Crippen LogP contribution in [0.5, 0.6) is 0 Å². The number of hydrogen-bond donors (Lipinski definition) is 2. The highest BCUT2D eigenvalue weighted by Crippen LogP contribution is 2.20. The van der Waals surface area contributed by atoms with Crippen molar-refractivity contribution >= 4 is 28.5 Å². The number of hydrogen-bond acceptors (Lipinski definition) is 2. The topological polar surface area (TPSA) is 70.2 Å². The molecule has 2 rings (SSSR count). The Morgan fingerprint density at radius 3 is 2.75 bits per heavy atom. The van der Waals surface area contributed by atoms with Crippen LogP contribution in [0, 0.1) is 6.92 Å². The Morgan fingerprint density at radius 2 is 2.12 bits per heavy atom. The van der Waals surface area contributed by atoms with Crippen molar-refractivity contribution in [2.24, 2.45) is 0 Å². The molecule has 0 bridgehead atoms. The maximum Gasteiger partial charge on any atom is 0.352 e. The van der Waals surface area contributed by atoms with Crippen LogP contribution >= 0.6 is 11.6 Å². The first-order valence-electron chi connectivity index (χ1n) is 4.56. The number of aromatic carboxylic acids is 1. The smallest absolute Gasteiger partial charge is 0.352 e. The van der Waals surface area contributed by atoms with Crippen LogP contribution < -0.4 is 5.43 Å². The van der Waals surface area contributed by atoms with E-state index in [-0.39, 0.29) is 16.7 Å². The summed E-state index contributed by atoms with van der Waals surface area (Å²) in [7, 11) is 0. The maximum atomic E-state index is 11.9. The highest BCUT2D eigenvalue weighted by Gasteiger charge is 2.14. The van der Waals surface area contributed by atoms with Gasteiger partial charge in [0.1, 0.15) is 5.69 Å². The van der Waals surface area contributed by atoms with E-state index < -0.39 is 5.97 Å².